The second-order valence-corrected chi connectivity index (χ2v) is 6.96. The highest BCUT2D eigenvalue weighted by Crippen LogP contribution is 2.36. The summed E-state index contributed by atoms with van der Waals surface area (Å²) in [6.45, 7) is 0.586. The molecule has 29 heavy (non-hydrogen) atoms. The first-order valence-electron chi connectivity index (χ1n) is 9.41. The van der Waals surface area contributed by atoms with E-state index in [1.54, 1.807) is 31.3 Å². The van der Waals surface area contributed by atoms with Crippen molar-refractivity contribution in [2.75, 3.05) is 7.05 Å². The molecule has 0 saturated carbocycles. The van der Waals surface area contributed by atoms with Crippen molar-refractivity contribution < 1.29 is 14.3 Å². The van der Waals surface area contributed by atoms with Crippen molar-refractivity contribution >= 4 is 16.8 Å². The van der Waals surface area contributed by atoms with Gasteiger partial charge in [0.1, 0.15) is 11.6 Å². The molecule has 1 aromatic heterocycles. The first-order valence-corrected chi connectivity index (χ1v) is 9.41. The number of halogens is 1. The molecular formula is C24H21FN2O2. The van der Waals surface area contributed by atoms with Crippen LogP contribution in [0.2, 0.25) is 0 Å². The fourth-order valence-corrected chi connectivity index (χ4v) is 3.71. The number of aromatic nitrogens is 1. The largest absolute Gasteiger partial charge is 0.508 e. The molecule has 1 heterocycles. The van der Waals surface area contributed by atoms with Gasteiger partial charge in [-0.15, -0.1) is 0 Å². The lowest BCUT2D eigenvalue weighted by molar-refractivity contribution is -0.119. The highest BCUT2D eigenvalue weighted by molar-refractivity contribution is 5.96. The number of hydrogen-bond donors (Lipinski definition) is 2. The SMILES string of the molecule is CNC(=O)Cc1c(-c2ccc(F)cc2)n(Cc2ccccc2)c2ccc(O)cc12. The van der Waals surface area contributed by atoms with Crippen molar-refractivity contribution in [3.63, 3.8) is 0 Å². The van der Waals surface area contributed by atoms with Gasteiger partial charge in [0.2, 0.25) is 5.91 Å². The van der Waals surface area contributed by atoms with E-state index < -0.39 is 0 Å². The van der Waals surface area contributed by atoms with E-state index in [4.69, 9.17) is 0 Å². The number of carbonyl (C=O) groups is 1. The molecule has 3 aromatic carbocycles. The summed E-state index contributed by atoms with van der Waals surface area (Å²) in [6.07, 6.45) is 0.158. The molecule has 4 nitrogen and oxygen atoms in total. The number of nitrogens with zero attached hydrogens (tertiary/aromatic N) is 1. The summed E-state index contributed by atoms with van der Waals surface area (Å²) in [5.74, 6) is -0.307. The lowest BCUT2D eigenvalue weighted by Gasteiger charge is -2.13. The summed E-state index contributed by atoms with van der Waals surface area (Å²) in [5, 5.41) is 13.6. The van der Waals surface area contributed by atoms with Gasteiger partial charge in [-0.3, -0.25) is 4.79 Å². The van der Waals surface area contributed by atoms with Crippen LogP contribution in [0.3, 0.4) is 0 Å². The summed E-state index contributed by atoms with van der Waals surface area (Å²) < 4.78 is 15.7. The summed E-state index contributed by atoms with van der Waals surface area (Å²) >= 11 is 0. The van der Waals surface area contributed by atoms with Crippen LogP contribution in [0.4, 0.5) is 4.39 Å². The fraction of sp³-hybridized carbons (Fsp3) is 0.125. The Balaban J connectivity index is 2.01. The quantitative estimate of drug-likeness (QED) is 0.529. The number of aromatic hydroxyl groups is 1. The van der Waals surface area contributed by atoms with Gasteiger partial charge in [-0.1, -0.05) is 30.3 Å². The molecule has 4 rings (SSSR count). The molecule has 0 aliphatic rings. The van der Waals surface area contributed by atoms with Crippen LogP contribution >= 0.6 is 0 Å². The van der Waals surface area contributed by atoms with Crippen LogP contribution in [0, 0.1) is 5.82 Å². The Bertz CT molecular complexity index is 1170. The minimum atomic E-state index is -0.315. The van der Waals surface area contributed by atoms with Gasteiger partial charge in [-0.2, -0.15) is 0 Å². The van der Waals surface area contributed by atoms with Crippen LogP contribution in [0.25, 0.3) is 22.2 Å². The average Bonchev–Trinajstić information content (AvgIpc) is 3.01. The van der Waals surface area contributed by atoms with Crippen molar-refractivity contribution in [2.45, 2.75) is 13.0 Å². The maximum atomic E-state index is 13.6. The molecule has 0 atom stereocenters. The van der Waals surface area contributed by atoms with E-state index >= 15 is 0 Å². The Hall–Kier alpha value is -3.60. The zero-order chi connectivity index (χ0) is 20.4. The summed E-state index contributed by atoms with van der Waals surface area (Å²) in [4.78, 5) is 12.3. The third kappa shape index (κ3) is 3.72. The number of benzene rings is 3. The third-order valence-corrected chi connectivity index (χ3v) is 5.07. The normalized spacial score (nSPS) is 11.0. The highest BCUT2D eigenvalue weighted by Gasteiger charge is 2.21. The van der Waals surface area contributed by atoms with Gasteiger partial charge < -0.3 is 15.0 Å². The molecule has 0 bridgehead atoms. The topological polar surface area (TPSA) is 54.3 Å². The van der Waals surface area contributed by atoms with Crippen molar-refractivity contribution in [3.05, 3.63) is 89.7 Å². The van der Waals surface area contributed by atoms with Gasteiger partial charge in [0.05, 0.1) is 12.1 Å². The maximum absolute atomic E-state index is 13.6. The van der Waals surface area contributed by atoms with E-state index in [-0.39, 0.29) is 23.9 Å². The maximum Gasteiger partial charge on any atom is 0.224 e. The number of fused-ring (bicyclic) bond motifs is 1. The van der Waals surface area contributed by atoms with Gasteiger partial charge in [0.15, 0.2) is 0 Å². The molecule has 0 spiro atoms. The average molecular weight is 388 g/mol. The zero-order valence-corrected chi connectivity index (χ0v) is 16.0. The fourth-order valence-electron chi connectivity index (χ4n) is 3.71. The van der Waals surface area contributed by atoms with Crippen molar-refractivity contribution in [3.8, 4) is 17.0 Å². The van der Waals surface area contributed by atoms with E-state index in [0.717, 1.165) is 33.3 Å². The second kappa shape index (κ2) is 7.80. The van der Waals surface area contributed by atoms with Crippen LogP contribution in [-0.4, -0.2) is 22.6 Å². The molecule has 0 unspecified atom stereocenters. The molecule has 1 amide bonds. The molecule has 0 aliphatic carbocycles. The molecule has 0 aliphatic heterocycles. The Morgan fingerprint density at radius 2 is 1.76 bits per heavy atom. The summed E-state index contributed by atoms with van der Waals surface area (Å²) in [7, 11) is 1.60. The standard InChI is InChI=1S/C24H21FN2O2/c1-26-23(29)14-21-20-13-19(28)11-12-22(20)27(15-16-5-3-2-4-6-16)24(21)17-7-9-18(25)10-8-17/h2-13,28H,14-15H2,1H3,(H,26,29). The monoisotopic (exact) mass is 388 g/mol. The van der Waals surface area contributed by atoms with E-state index in [1.807, 2.05) is 36.4 Å². The van der Waals surface area contributed by atoms with Crippen molar-refractivity contribution in [1.29, 1.82) is 0 Å². The number of rotatable bonds is 5. The number of phenols is 1. The first kappa shape index (κ1) is 18.7. The minimum absolute atomic E-state index is 0.129. The third-order valence-electron chi connectivity index (χ3n) is 5.07. The van der Waals surface area contributed by atoms with Gasteiger partial charge in [0.25, 0.3) is 0 Å². The van der Waals surface area contributed by atoms with Crippen molar-refractivity contribution in [1.82, 2.24) is 9.88 Å². The van der Waals surface area contributed by atoms with Gasteiger partial charge in [-0.25, -0.2) is 4.39 Å². The Labute approximate surface area is 168 Å². The van der Waals surface area contributed by atoms with Gasteiger partial charge in [0, 0.05) is 24.5 Å². The van der Waals surface area contributed by atoms with E-state index in [0.29, 0.717) is 6.54 Å². The molecule has 0 saturated heterocycles. The van der Waals surface area contributed by atoms with Crippen LogP contribution in [0.15, 0.2) is 72.8 Å². The Morgan fingerprint density at radius 3 is 2.45 bits per heavy atom. The van der Waals surface area contributed by atoms with Crippen LogP contribution < -0.4 is 5.32 Å². The molecular weight excluding hydrogens is 367 g/mol. The second-order valence-electron chi connectivity index (χ2n) is 6.96. The van der Waals surface area contributed by atoms with Gasteiger partial charge >= 0.3 is 0 Å². The van der Waals surface area contributed by atoms with E-state index in [2.05, 4.69) is 9.88 Å². The Morgan fingerprint density at radius 1 is 1.03 bits per heavy atom. The number of carbonyl (C=O) groups excluding carboxylic acids is 1. The predicted octanol–water partition coefficient (Wildman–Crippen LogP) is 4.49. The van der Waals surface area contributed by atoms with Crippen LogP contribution in [0.5, 0.6) is 5.75 Å². The predicted molar refractivity (Wildman–Crippen MR) is 112 cm³/mol. The van der Waals surface area contributed by atoms with E-state index in [1.165, 1.54) is 12.1 Å². The van der Waals surface area contributed by atoms with Crippen molar-refractivity contribution in [2.24, 2.45) is 0 Å². The number of nitrogens with one attached hydrogen (secondary N) is 1. The molecule has 5 heteroatoms. The minimum Gasteiger partial charge on any atom is -0.508 e. The molecule has 4 aromatic rings. The molecule has 0 radical (unpaired) electrons. The number of phenolic OH excluding ortho intramolecular Hbond substituents is 1. The zero-order valence-electron chi connectivity index (χ0n) is 16.0. The molecule has 146 valence electrons. The van der Waals surface area contributed by atoms with Crippen LogP contribution in [-0.2, 0) is 17.8 Å². The van der Waals surface area contributed by atoms with E-state index in [9.17, 15) is 14.3 Å². The lowest BCUT2D eigenvalue weighted by Crippen LogP contribution is -2.20. The highest BCUT2D eigenvalue weighted by atomic mass is 19.1. The number of hydrogen-bond acceptors (Lipinski definition) is 2. The number of likely N-dealkylation sites (N-methyl/N-ethyl adjacent to an activating group) is 1. The summed E-state index contributed by atoms with van der Waals surface area (Å²) in [5.41, 5.74) is 4.48. The first-order chi connectivity index (χ1) is 14.1. The van der Waals surface area contributed by atoms with Gasteiger partial charge in [-0.05, 0) is 59.2 Å². The summed E-state index contributed by atoms with van der Waals surface area (Å²) in [6, 6.07) is 21.5. The molecule has 0 fully saturated rings. The van der Waals surface area contributed by atoms with Crippen LogP contribution in [0.1, 0.15) is 11.1 Å². The number of amides is 1. The smallest absolute Gasteiger partial charge is 0.224 e. The lowest BCUT2D eigenvalue weighted by atomic mass is 10.0. The Kier molecular flexibility index (Phi) is 5.04. The molecule has 2 N–H and O–H groups in total.